The van der Waals surface area contributed by atoms with Crippen molar-refractivity contribution >= 4 is 5.69 Å². The molecule has 1 aromatic rings. The second kappa shape index (κ2) is 3.30. The highest BCUT2D eigenvalue weighted by Gasteiger charge is 2.18. The molecule has 0 atom stereocenters. The van der Waals surface area contributed by atoms with Crippen molar-refractivity contribution in [2.45, 2.75) is 26.2 Å². The van der Waals surface area contributed by atoms with E-state index in [9.17, 15) is 0 Å². The third-order valence-electron chi connectivity index (χ3n) is 2.56. The summed E-state index contributed by atoms with van der Waals surface area (Å²) in [4.78, 5) is 0. The predicted molar refractivity (Wildman–Crippen MR) is 63.4 cm³/mol. The molecule has 80 valence electrons. The largest absolute Gasteiger partial charge is 0.485 e. The lowest BCUT2D eigenvalue weighted by molar-refractivity contribution is 0.346. The monoisotopic (exact) mass is 203 g/mol. The molecule has 0 radical (unpaired) electrons. The third kappa shape index (κ3) is 1.99. The van der Waals surface area contributed by atoms with Crippen molar-refractivity contribution in [3.63, 3.8) is 0 Å². The number of ether oxygens (including phenoxy) is 1. The zero-order valence-electron chi connectivity index (χ0n) is 9.55. The predicted octanol–water partition coefficient (Wildman–Crippen LogP) is 3.30. The van der Waals surface area contributed by atoms with Crippen molar-refractivity contribution < 1.29 is 4.74 Å². The van der Waals surface area contributed by atoms with Crippen LogP contribution in [0.15, 0.2) is 30.5 Å². The number of hydrogen-bond donors (Lipinski definition) is 1. The van der Waals surface area contributed by atoms with Crippen LogP contribution in [-0.2, 0) is 5.41 Å². The first kappa shape index (κ1) is 10.1. The minimum atomic E-state index is 0.162. The summed E-state index contributed by atoms with van der Waals surface area (Å²) in [5, 5.41) is 3.25. The van der Waals surface area contributed by atoms with E-state index in [1.165, 1.54) is 5.56 Å². The standard InChI is InChI=1S/C13H17NO/c1-9-8-15-12-6-5-10(13(2,3)4)7-11(12)14-9/h5-7,14H,1,8H2,2-4H3. The van der Waals surface area contributed by atoms with Gasteiger partial charge in [0.15, 0.2) is 0 Å². The zero-order valence-corrected chi connectivity index (χ0v) is 9.55. The average Bonchev–Trinajstić information content (AvgIpc) is 2.15. The molecular weight excluding hydrogens is 186 g/mol. The maximum Gasteiger partial charge on any atom is 0.143 e. The summed E-state index contributed by atoms with van der Waals surface area (Å²) >= 11 is 0. The van der Waals surface area contributed by atoms with Crippen LogP contribution < -0.4 is 10.1 Å². The van der Waals surface area contributed by atoms with E-state index in [1.807, 2.05) is 6.07 Å². The Morgan fingerprint density at radius 1 is 1.33 bits per heavy atom. The fourth-order valence-corrected chi connectivity index (χ4v) is 1.61. The van der Waals surface area contributed by atoms with Crippen LogP contribution in [0.25, 0.3) is 0 Å². The van der Waals surface area contributed by atoms with E-state index >= 15 is 0 Å². The molecule has 1 aromatic carbocycles. The summed E-state index contributed by atoms with van der Waals surface area (Å²) < 4.78 is 5.54. The highest BCUT2D eigenvalue weighted by molar-refractivity contribution is 5.63. The molecule has 0 unspecified atom stereocenters. The SMILES string of the molecule is C=C1COc2ccc(C(C)(C)C)cc2N1. The number of fused-ring (bicyclic) bond motifs is 1. The molecule has 2 heteroatoms. The Bertz CT molecular complexity index is 401. The van der Waals surface area contributed by atoms with Gasteiger partial charge in [0, 0.05) is 5.70 Å². The van der Waals surface area contributed by atoms with Gasteiger partial charge in [-0.2, -0.15) is 0 Å². The molecule has 15 heavy (non-hydrogen) atoms. The number of rotatable bonds is 0. The van der Waals surface area contributed by atoms with Crippen LogP contribution in [-0.4, -0.2) is 6.61 Å². The summed E-state index contributed by atoms with van der Waals surface area (Å²) in [6.07, 6.45) is 0. The van der Waals surface area contributed by atoms with Crippen LogP contribution in [0.4, 0.5) is 5.69 Å². The van der Waals surface area contributed by atoms with Crippen LogP contribution in [0.3, 0.4) is 0 Å². The summed E-state index contributed by atoms with van der Waals surface area (Å²) in [5.74, 6) is 0.912. The molecule has 2 nitrogen and oxygen atoms in total. The first-order valence-electron chi connectivity index (χ1n) is 5.19. The lowest BCUT2D eigenvalue weighted by atomic mass is 9.86. The first-order chi connectivity index (χ1) is 6.97. The van der Waals surface area contributed by atoms with Gasteiger partial charge in [-0.3, -0.25) is 0 Å². The van der Waals surface area contributed by atoms with Gasteiger partial charge < -0.3 is 10.1 Å². The summed E-state index contributed by atoms with van der Waals surface area (Å²) in [5.41, 5.74) is 3.40. The zero-order chi connectivity index (χ0) is 11.1. The van der Waals surface area contributed by atoms with Crippen molar-refractivity contribution in [2.75, 3.05) is 11.9 Å². The lowest BCUT2D eigenvalue weighted by Crippen LogP contribution is -2.17. The highest BCUT2D eigenvalue weighted by atomic mass is 16.5. The minimum Gasteiger partial charge on any atom is -0.485 e. The smallest absolute Gasteiger partial charge is 0.143 e. The second-order valence-electron chi connectivity index (χ2n) is 4.98. The van der Waals surface area contributed by atoms with E-state index in [0.717, 1.165) is 17.1 Å². The normalized spacial score (nSPS) is 15.3. The van der Waals surface area contributed by atoms with Crippen molar-refractivity contribution in [1.29, 1.82) is 0 Å². The van der Waals surface area contributed by atoms with Crippen LogP contribution in [0, 0.1) is 0 Å². The van der Waals surface area contributed by atoms with Gasteiger partial charge in [-0.15, -0.1) is 0 Å². The minimum absolute atomic E-state index is 0.162. The molecule has 0 amide bonds. The Balaban J connectivity index is 2.41. The molecule has 1 aliphatic rings. The molecule has 1 N–H and O–H groups in total. The molecule has 0 aromatic heterocycles. The summed E-state index contributed by atoms with van der Waals surface area (Å²) in [7, 11) is 0. The van der Waals surface area contributed by atoms with E-state index in [2.05, 4.69) is 44.8 Å². The van der Waals surface area contributed by atoms with Crippen molar-refractivity contribution in [1.82, 2.24) is 0 Å². The van der Waals surface area contributed by atoms with E-state index in [1.54, 1.807) is 0 Å². The Kier molecular flexibility index (Phi) is 2.22. The number of anilines is 1. The molecule has 0 saturated carbocycles. The van der Waals surface area contributed by atoms with Gasteiger partial charge in [-0.1, -0.05) is 33.4 Å². The van der Waals surface area contributed by atoms with Crippen LogP contribution >= 0.6 is 0 Å². The van der Waals surface area contributed by atoms with Gasteiger partial charge in [-0.05, 0) is 23.1 Å². The quantitative estimate of drug-likeness (QED) is 0.698. The van der Waals surface area contributed by atoms with Crippen LogP contribution in [0.2, 0.25) is 0 Å². The fourth-order valence-electron chi connectivity index (χ4n) is 1.61. The van der Waals surface area contributed by atoms with Crippen LogP contribution in [0.1, 0.15) is 26.3 Å². The average molecular weight is 203 g/mol. The Labute approximate surface area is 91.0 Å². The maximum absolute atomic E-state index is 5.54. The number of benzene rings is 1. The van der Waals surface area contributed by atoms with Crippen LogP contribution in [0.5, 0.6) is 5.75 Å². The number of hydrogen-bond acceptors (Lipinski definition) is 2. The molecule has 2 rings (SSSR count). The molecule has 0 bridgehead atoms. The van der Waals surface area contributed by atoms with Gasteiger partial charge in [0.25, 0.3) is 0 Å². The highest BCUT2D eigenvalue weighted by Crippen LogP contribution is 2.34. The van der Waals surface area contributed by atoms with E-state index < -0.39 is 0 Å². The molecule has 1 heterocycles. The Morgan fingerprint density at radius 3 is 2.73 bits per heavy atom. The molecular formula is C13H17NO. The van der Waals surface area contributed by atoms with Gasteiger partial charge >= 0.3 is 0 Å². The molecule has 1 aliphatic heterocycles. The van der Waals surface area contributed by atoms with Gasteiger partial charge in [-0.25, -0.2) is 0 Å². The van der Waals surface area contributed by atoms with Crippen molar-refractivity contribution in [3.8, 4) is 5.75 Å². The topological polar surface area (TPSA) is 21.3 Å². The maximum atomic E-state index is 5.54. The van der Waals surface area contributed by atoms with Crippen molar-refractivity contribution in [3.05, 3.63) is 36.0 Å². The van der Waals surface area contributed by atoms with E-state index in [-0.39, 0.29) is 5.41 Å². The lowest BCUT2D eigenvalue weighted by Gasteiger charge is -2.25. The molecule has 0 aliphatic carbocycles. The summed E-state index contributed by atoms with van der Waals surface area (Å²) in [6, 6.07) is 6.28. The number of nitrogens with one attached hydrogen (secondary N) is 1. The Morgan fingerprint density at radius 2 is 2.07 bits per heavy atom. The third-order valence-corrected chi connectivity index (χ3v) is 2.56. The molecule has 0 spiro atoms. The van der Waals surface area contributed by atoms with E-state index in [4.69, 9.17) is 4.74 Å². The fraction of sp³-hybridized carbons (Fsp3) is 0.385. The van der Waals surface area contributed by atoms with Crippen molar-refractivity contribution in [2.24, 2.45) is 0 Å². The first-order valence-corrected chi connectivity index (χ1v) is 5.19. The van der Waals surface area contributed by atoms with Gasteiger partial charge in [0.1, 0.15) is 12.4 Å². The van der Waals surface area contributed by atoms with E-state index in [0.29, 0.717) is 6.61 Å². The second-order valence-corrected chi connectivity index (χ2v) is 4.98. The van der Waals surface area contributed by atoms with Gasteiger partial charge in [0.2, 0.25) is 0 Å². The Hall–Kier alpha value is -1.44. The molecule has 0 saturated heterocycles. The molecule has 0 fully saturated rings. The van der Waals surface area contributed by atoms with Gasteiger partial charge in [0.05, 0.1) is 5.69 Å². The summed E-state index contributed by atoms with van der Waals surface area (Å²) in [6.45, 7) is 11.0.